The summed E-state index contributed by atoms with van der Waals surface area (Å²) in [6.07, 6.45) is 3.99. The van der Waals surface area contributed by atoms with Crippen molar-refractivity contribution >= 4 is 51.0 Å². The Labute approximate surface area is 347 Å². The molecule has 15 nitrogen and oxygen atoms in total. The van der Waals surface area contributed by atoms with Crippen LogP contribution in [0.1, 0.15) is 111 Å². The Bertz CT molecular complexity index is 2400. The molecule has 7 rings (SSSR count). The topological polar surface area (TPSA) is 189 Å². The maximum absolute atomic E-state index is 14.9. The van der Waals surface area contributed by atoms with Crippen molar-refractivity contribution in [1.29, 1.82) is 0 Å². The minimum Gasteiger partial charge on any atom is -0.493 e. The van der Waals surface area contributed by atoms with E-state index in [-0.39, 0.29) is 53.6 Å². The average molecular weight is 846 g/mol. The van der Waals surface area contributed by atoms with E-state index in [0.29, 0.717) is 61.7 Å². The largest absolute Gasteiger partial charge is 0.493 e. The number of benzene rings is 3. The molecule has 1 unspecified atom stereocenters. The van der Waals surface area contributed by atoms with Crippen LogP contribution in [0.15, 0.2) is 42.5 Å². The molecule has 0 aliphatic carbocycles. The van der Waals surface area contributed by atoms with Gasteiger partial charge in [0.05, 0.1) is 42.3 Å². The highest BCUT2D eigenvalue weighted by Gasteiger charge is 2.44. The monoisotopic (exact) mass is 845 g/mol. The van der Waals surface area contributed by atoms with Crippen molar-refractivity contribution in [3.05, 3.63) is 87.2 Å². The molecule has 2 saturated heterocycles. The Morgan fingerprint density at radius 2 is 1.72 bits per heavy atom. The lowest BCUT2D eigenvalue weighted by molar-refractivity contribution is -0.137. The van der Waals surface area contributed by atoms with E-state index in [9.17, 15) is 41.6 Å². The number of carbonyl (C=O) groups excluding carboxylic acids is 6. The van der Waals surface area contributed by atoms with Gasteiger partial charge in [0, 0.05) is 31.7 Å². The predicted molar refractivity (Wildman–Crippen MR) is 217 cm³/mol. The van der Waals surface area contributed by atoms with Gasteiger partial charge in [0.1, 0.15) is 21.7 Å². The summed E-state index contributed by atoms with van der Waals surface area (Å²) >= 11 is 0. The molecule has 4 aliphatic heterocycles. The molecule has 3 aromatic rings. The number of ether oxygens (including phenoxy) is 2. The zero-order valence-corrected chi connectivity index (χ0v) is 34.8. The standard InChI is InChI=1S/C43H48FN5O10S/c1-5-59-37-19-27(8-10-36(37)58-3)35(23-60(4,56)57)49-42(54)31-17-25(18-33(45-24(2)50)39(31)43(49)55)7-6-14-47-15-12-26(13-16-47)29-20-28(44)21-30-32(29)22-48(41(30)53)34-9-11-38(51)46-40(34)52/h8,10,17-21,26,34-35H,5-7,9,11-16,22-23H2,1-4H3,(H,45,50)(H,46,51,52)/t34?,35-/m1/s1. The summed E-state index contributed by atoms with van der Waals surface area (Å²) in [6, 6.07) is 8.79. The Morgan fingerprint density at radius 3 is 2.38 bits per heavy atom. The van der Waals surface area contributed by atoms with Crippen molar-refractivity contribution in [2.24, 2.45) is 0 Å². The summed E-state index contributed by atoms with van der Waals surface area (Å²) in [5, 5.41) is 5.01. The molecule has 0 radical (unpaired) electrons. The average Bonchev–Trinajstić information content (AvgIpc) is 3.64. The third-order valence-corrected chi connectivity index (χ3v) is 12.6. The number of imide groups is 2. The van der Waals surface area contributed by atoms with Gasteiger partial charge in [-0.15, -0.1) is 0 Å². The fourth-order valence-electron chi connectivity index (χ4n) is 8.93. The van der Waals surface area contributed by atoms with Crippen molar-refractivity contribution < 1.29 is 51.0 Å². The number of hydrogen-bond donors (Lipinski definition) is 2. The predicted octanol–water partition coefficient (Wildman–Crippen LogP) is 4.15. The fourth-order valence-corrected chi connectivity index (χ4v) is 9.84. The summed E-state index contributed by atoms with van der Waals surface area (Å²) < 4.78 is 51.5. The normalized spacial score (nSPS) is 19.0. The van der Waals surface area contributed by atoms with E-state index in [0.717, 1.165) is 35.1 Å². The number of methoxy groups -OCH3 is 1. The number of piperidine rings is 2. The number of carbonyl (C=O) groups is 6. The van der Waals surface area contributed by atoms with Crippen molar-refractivity contribution in [2.75, 3.05) is 50.7 Å². The molecule has 2 atom stereocenters. The number of likely N-dealkylation sites (tertiary alicyclic amines) is 1. The third-order valence-electron chi connectivity index (χ3n) is 11.7. The van der Waals surface area contributed by atoms with Crippen LogP contribution >= 0.6 is 0 Å². The molecule has 6 amide bonds. The summed E-state index contributed by atoms with van der Waals surface area (Å²) in [5.41, 5.74) is 3.04. The molecule has 0 aromatic heterocycles. The Balaban J connectivity index is 1.04. The second kappa shape index (κ2) is 17.1. The smallest absolute Gasteiger partial charge is 0.264 e. The van der Waals surface area contributed by atoms with E-state index in [1.807, 2.05) is 0 Å². The van der Waals surface area contributed by atoms with Gasteiger partial charge in [-0.2, -0.15) is 0 Å². The first-order valence-electron chi connectivity index (χ1n) is 20.1. The molecule has 4 aliphatic rings. The maximum atomic E-state index is 14.9. The van der Waals surface area contributed by atoms with Crippen molar-refractivity contribution in [2.45, 2.75) is 76.9 Å². The highest BCUT2D eigenvalue weighted by atomic mass is 32.2. The van der Waals surface area contributed by atoms with Crippen LogP contribution in [-0.2, 0) is 37.2 Å². The molecular weight excluding hydrogens is 798 g/mol. The van der Waals surface area contributed by atoms with Gasteiger partial charge in [-0.1, -0.05) is 6.07 Å². The molecule has 318 valence electrons. The summed E-state index contributed by atoms with van der Waals surface area (Å²) in [5.74, 6) is -3.50. The van der Waals surface area contributed by atoms with Gasteiger partial charge in [0.25, 0.3) is 17.7 Å². The quantitative estimate of drug-likeness (QED) is 0.222. The van der Waals surface area contributed by atoms with Gasteiger partial charge in [-0.3, -0.25) is 39.0 Å². The summed E-state index contributed by atoms with van der Waals surface area (Å²) in [6.45, 7) is 5.66. The highest BCUT2D eigenvalue weighted by molar-refractivity contribution is 7.90. The lowest BCUT2D eigenvalue weighted by Gasteiger charge is -2.33. The molecule has 3 aromatic carbocycles. The Hall–Kier alpha value is -5.68. The van der Waals surface area contributed by atoms with E-state index in [2.05, 4.69) is 15.5 Å². The van der Waals surface area contributed by atoms with Gasteiger partial charge >= 0.3 is 0 Å². The summed E-state index contributed by atoms with van der Waals surface area (Å²) in [4.78, 5) is 83.0. The molecule has 60 heavy (non-hydrogen) atoms. The van der Waals surface area contributed by atoms with Crippen LogP contribution in [0.4, 0.5) is 10.1 Å². The Morgan fingerprint density at radius 1 is 0.967 bits per heavy atom. The molecule has 17 heteroatoms. The zero-order chi connectivity index (χ0) is 43.0. The van der Waals surface area contributed by atoms with Gasteiger partial charge in [-0.05, 0) is 123 Å². The van der Waals surface area contributed by atoms with Crippen molar-refractivity contribution in [3.8, 4) is 11.5 Å². The number of fused-ring (bicyclic) bond motifs is 2. The molecule has 2 N–H and O–H groups in total. The first kappa shape index (κ1) is 42.4. The number of aryl methyl sites for hydroxylation is 1. The fraction of sp³-hybridized carbons (Fsp3) is 0.442. The number of nitrogens with zero attached hydrogens (tertiary/aromatic N) is 3. The van der Waals surface area contributed by atoms with Crippen LogP contribution in [0.2, 0.25) is 0 Å². The van der Waals surface area contributed by atoms with Crippen LogP contribution < -0.4 is 20.1 Å². The number of anilines is 1. The zero-order valence-electron chi connectivity index (χ0n) is 34.0. The van der Waals surface area contributed by atoms with Gasteiger partial charge in [-0.25, -0.2) is 12.8 Å². The molecule has 0 spiro atoms. The number of rotatable bonds is 14. The lowest BCUT2D eigenvalue weighted by atomic mass is 9.85. The number of nitrogens with one attached hydrogen (secondary N) is 2. The van der Waals surface area contributed by atoms with Gasteiger partial charge < -0.3 is 24.6 Å². The van der Waals surface area contributed by atoms with Crippen molar-refractivity contribution in [1.82, 2.24) is 20.0 Å². The molecule has 0 saturated carbocycles. The van der Waals surface area contributed by atoms with E-state index < -0.39 is 63.0 Å². The number of amides is 6. The number of halogens is 1. The van der Waals surface area contributed by atoms with Crippen LogP contribution in [0.25, 0.3) is 0 Å². The molecule has 4 heterocycles. The van der Waals surface area contributed by atoms with Crippen LogP contribution in [-0.4, -0.2) is 110 Å². The van der Waals surface area contributed by atoms with E-state index in [4.69, 9.17) is 9.47 Å². The van der Waals surface area contributed by atoms with Gasteiger partial charge in [0.15, 0.2) is 11.5 Å². The summed E-state index contributed by atoms with van der Waals surface area (Å²) in [7, 11) is -2.26. The van der Waals surface area contributed by atoms with Gasteiger partial charge in [0.2, 0.25) is 17.7 Å². The van der Waals surface area contributed by atoms with Crippen LogP contribution in [0, 0.1) is 5.82 Å². The number of hydrogen-bond acceptors (Lipinski definition) is 11. The van der Waals surface area contributed by atoms with E-state index in [1.165, 1.54) is 31.1 Å². The van der Waals surface area contributed by atoms with E-state index >= 15 is 0 Å². The Kier molecular flexibility index (Phi) is 12.1. The molecular formula is C43H48FN5O10S. The number of sulfone groups is 1. The first-order valence-corrected chi connectivity index (χ1v) is 22.1. The highest BCUT2D eigenvalue weighted by Crippen LogP contribution is 2.41. The third kappa shape index (κ3) is 8.64. The lowest BCUT2D eigenvalue weighted by Crippen LogP contribution is -2.52. The first-order chi connectivity index (χ1) is 28.6. The molecule has 0 bridgehead atoms. The minimum absolute atomic E-state index is 0.00109. The van der Waals surface area contributed by atoms with Crippen LogP contribution in [0.5, 0.6) is 11.5 Å². The second-order valence-electron chi connectivity index (χ2n) is 15.8. The molecule has 2 fully saturated rings. The SMILES string of the molecule is CCOc1cc([C@@H](CS(C)(=O)=O)N2C(=O)c3cc(CCCN4CCC(c5cc(F)cc6c5CN(C5CCC(=O)NC5=O)C6=O)CC4)cc(NC(C)=O)c3C2=O)ccc1OC. The second-order valence-corrected chi connectivity index (χ2v) is 18.0. The van der Waals surface area contributed by atoms with Crippen molar-refractivity contribution in [3.63, 3.8) is 0 Å². The maximum Gasteiger partial charge on any atom is 0.264 e. The van der Waals surface area contributed by atoms with E-state index in [1.54, 1.807) is 37.3 Å². The van der Waals surface area contributed by atoms with Crippen LogP contribution in [0.3, 0.4) is 0 Å². The minimum atomic E-state index is -3.73.